The van der Waals surface area contributed by atoms with Crippen LogP contribution in [0, 0.1) is 0 Å². The van der Waals surface area contributed by atoms with Gasteiger partial charge < -0.3 is 64.2 Å². The lowest BCUT2D eigenvalue weighted by Crippen LogP contribution is -2.61. The standard InChI is InChI=1S/C65H118O14/c1-3-5-7-9-11-13-15-17-19-21-23-25-26-27-29-31-33-35-37-39-41-43-45-47-49-74-51-54(52-75-64-63(73)61(71)59(69)56(79-64)53-76-65-62(72)60(70)58(68)55(50-66)78-65)77-57(67)48-46-44-42-40-38-36-34-32-30-28-24-22-20-18-16-14-12-10-8-6-4-2/h15,17,21-24,26-27,54-56,58-66,68-73H,3-14,16,18-20,25,28-53H2,1-2H3/b17-15-,23-21-,24-22-,27-26-. The number of carbonyl (C=O) groups is 1. The van der Waals surface area contributed by atoms with Gasteiger partial charge in [0.15, 0.2) is 12.6 Å². The van der Waals surface area contributed by atoms with Crippen LogP contribution in [0.3, 0.4) is 0 Å². The molecule has 0 amide bonds. The van der Waals surface area contributed by atoms with E-state index in [1.165, 1.54) is 173 Å². The molecule has 2 saturated heterocycles. The zero-order valence-electron chi connectivity index (χ0n) is 49.9. The first-order valence-corrected chi connectivity index (χ1v) is 32.2. The first-order valence-electron chi connectivity index (χ1n) is 32.2. The van der Waals surface area contributed by atoms with Gasteiger partial charge in [0.25, 0.3) is 0 Å². The third-order valence-corrected chi connectivity index (χ3v) is 15.3. The van der Waals surface area contributed by atoms with E-state index in [4.69, 9.17) is 28.4 Å². The average Bonchev–Trinajstić information content (AvgIpc) is 3.46. The van der Waals surface area contributed by atoms with E-state index >= 15 is 0 Å². The fourth-order valence-corrected chi connectivity index (χ4v) is 10.1. The first kappa shape index (κ1) is 73.1. The molecule has 7 N–H and O–H groups in total. The van der Waals surface area contributed by atoms with Gasteiger partial charge in [-0.25, -0.2) is 0 Å². The Morgan fingerprint density at radius 1 is 0.418 bits per heavy atom. The molecule has 11 atom stereocenters. The summed E-state index contributed by atoms with van der Waals surface area (Å²) in [4.78, 5) is 13.1. The Hall–Kier alpha value is -2.05. The van der Waals surface area contributed by atoms with Crippen molar-refractivity contribution in [3.05, 3.63) is 48.6 Å². The Bertz CT molecular complexity index is 1490. The van der Waals surface area contributed by atoms with E-state index in [1.54, 1.807) is 0 Å². The van der Waals surface area contributed by atoms with Gasteiger partial charge in [-0.05, 0) is 77.0 Å². The first-order chi connectivity index (χ1) is 38.6. The fourth-order valence-electron chi connectivity index (χ4n) is 10.1. The van der Waals surface area contributed by atoms with Crippen LogP contribution in [0.15, 0.2) is 48.6 Å². The van der Waals surface area contributed by atoms with Crippen molar-refractivity contribution in [1.82, 2.24) is 0 Å². The van der Waals surface area contributed by atoms with Gasteiger partial charge in [-0.2, -0.15) is 0 Å². The molecule has 14 heteroatoms. The van der Waals surface area contributed by atoms with Crippen molar-refractivity contribution in [1.29, 1.82) is 0 Å². The second kappa shape index (κ2) is 51.6. The molecule has 11 unspecified atom stereocenters. The highest BCUT2D eigenvalue weighted by Gasteiger charge is 2.47. The number of esters is 1. The van der Waals surface area contributed by atoms with Gasteiger partial charge in [-0.1, -0.05) is 223 Å². The minimum absolute atomic E-state index is 0.0574. The van der Waals surface area contributed by atoms with E-state index in [1.807, 2.05) is 0 Å². The Morgan fingerprint density at radius 3 is 1.24 bits per heavy atom. The Kier molecular flexibility index (Phi) is 47.7. The van der Waals surface area contributed by atoms with Gasteiger partial charge in [-0.3, -0.25) is 4.79 Å². The van der Waals surface area contributed by atoms with Crippen LogP contribution in [0.25, 0.3) is 0 Å². The number of hydrogen-bond acceptors (Lipinski definition) is 14. The van der Waals surface area contributed by atoms with Crippen LogP contribution in [0.1, 0.15) is 258 Å². The average molecular weight is 1120 g/mol. The summed E-state index contributed by atoms with van der Waals surface area (Å²) in [6.07, 6.45) is 47.4. The number of aliphatic hydroxyl groups excluding tert-OH is 7. The smallest absolute Gasteiger partial charge is 0.306 e. The van der Waals surface area contributed by atoms with Crippen molar-refractivity contribution in [2.45, 2.75) is 325 Å². The second-order valence-electron chi connectivity index (χ2n) is 22.6. The second-order valence-corrected chi connectivity index (χ2v) is 22.6. The predicted octanol–water partition coefficient (Wildman–Crippen LogP) is 12.6. The molecule has 2 aliphatic heterocycles. The molecule has 0 saturated carbocycles. The summed E-state index contributed by atoms with van der Waals surface area (Å²) < 4.78 is 34.5. The monoisotopic (exact) mass is 1120 g/mol. The van der Waals surface area contributed by atoms with Gasteiger partial charge in [0.1, 0.15) is 54.9 Å². The number of ether oxygens (including phenoxy) is 6. The molecule has 2 fully saturated rings. The van der Waals surface area contributed by atoms with Crippen LogP contribution in [0.4, 0.5) is 0 Å². The minimum Gasteiger partial charge on any atom is -0.457 e. The molecule has 0 aromatic rings. The highest BCUT2D eigenvalue weighted by atomic mass is 16.7. The summed E-state index contributed by atoms with van der Waals surface area (Å²) in [5.41, 5.74) is 0. The molecular formula is C65H118O14. The van der Waals surface area contributed by atoms with Gasteiger partial charge in [0, 0.05) is 13.0 Å². The molecule has 0 radical (unpaired) electrons. The lowest BCUT2D eigenvalue weighted by atomic mass is 9.98. The van der Waals surface area contributed by atoms with E-state index in [9.17, 15) is 40.5 Å². The summed E-state index contributed by atoms with van der Waals surface area (Å²) in [6.45, 7) is 3.70. The molecule has 79 heavy (non-hydrogen) atoms. The maximum absolute atomic E-state index is 13.1. The molecule has 462 valence electrons. The number of allylic oxidation sites excluding steroid dienone is 8. The zero-order chi connectivity index (χ0) is 57.2. The SMILES string of the molecule is CCCCCCC/C=C\C/C=C\C/C=C\CCCCCCCCCCCOCC(COC1OC(COC2OC(CO)C(O)C(O)C2O)C(O)C(O)C1O)OC(=O)CCCCCCCCCCC/C=C\CCCCCCCCCC. The Morgan fingerprint density at radius 2 is 0.785 bits per heavy atom. The van der Waals surface area contributed by atoms with E-state index in [0.29, 0.717) is 13.0 Å². The molecule has 2 heterocycles. The van der Waals surface area contributed by atoms with Crippen molar-refractivity contribution >= 4 is 5.97 Å². The topological polar surface area (TPSA) is 214 Å². The highest BCUT2D eigenvalue weighted by Crippen LogP contribution is 2.27. The van der Waals surface area contributed by atoms with Crippen molar-refractivity contribution in [2.24, 2.45) is 0 Å². The van der Waals surface area contributed by atoms with Crippen LogP contribution in [-0.2, 0) is 33.2 Å². The highest BCUT2D eigenvalue weighted by molar-refractivity contribution is 5.69. The molecule has 0 aliphatic carbocycles. The minimum atomic E-state index is -1.71. The van der Waals surface area contributed by atoms with E-state index in [2.05, 4.69) is 62.5 Å². The third kappa shape index (κ3) is 37.7. The van der Waals surface area contributed by atoms with E-state index in [0.717, 1.165) is 57.8 Å². The van der Waals surface area contributed by atoms with Crippen LogP contribution < -0.4 is 0 Å². The van der Waals surface area contributed by atoms with Crippen molar-refractivity contribution < 1.29 is 69.0 Å². The summed E-state index contributed by atoms with van der Waals surface area (Å²) >= 11 is 0. The number of unbranched alkanes of at least 4 members (excludes halogenated alkanes) is 31. The van der Waals surface area contributed by atoms with Crippen LogP contribution >= 0.6 is 0 Å². The van der Waals surface area contributed by atoms with E-state index < -0.39 is 80.7 Å². The number of rotatable bonds is 53. The summed E-state index contributed by atoms with van der Waals surface area (Å²) in [5.74, 6) is -0.378. The van der Waals surface area contributed by atoms with Gasteiger partial charge in [0.2, 0.25) is 0 Å². The maximum atomic E-state index is 13.1. The molecule has 14 nitrogen and oxygen atoms in total. The largest absolute Gasteiger partial charge is 0.457 e. The summed E-state index contributed by atoms with van der Waals surface area (Å²) in [6, 6.07) is 0. The normalized spacial score (nSPS) is 24.3. The number of carbonyl (C=O) groups excluding carboxylic acids is 1. The van der Waals surface area contributed by atoms with Crippen LogP contribution in [0.5, 0.6) is 0 Å². The van der Waals surface area contributed by atoms with Crippen LogP contribution in [0.2, 0.25) is 0 Å². The molecule has 2 aliphatic rings. The summed E-state index contributed by atoms with van der Waals surface area (Å²) in [5, 5.41) is 72.5. The molecule has 0 aromatic heterocycles. The van der Waals surface area contributed by atoms with Crippen molar-refractivity contribution in [3.8, 4) is 0 Å². The molecule has 0 aromatic carbocycles. The number of aliphatic hydroxyl groups is 7. The summed E-state index contributed by atoms with van der Waals surface area (Å²) in [7, 11) is 0. The molecule has 0 spiro atoms. The fraction of sp³-hybridized carbons (Fsp3) is 0.862. The predicted molar refractivity (Wildman–Crippen MR) is 316 cm³/mol. The van der Waals surface area contributed by atoms with Gasteiger partial charge in [0.05, 0.1) is 26.4 Å². The molecule has 0 bridgehead atoms. The maximum Gasteiger partial charge on any atom is 0.306 e. The third-order valence-electron chi connectivity index (χ3n) is 15.3. The Balaban J connectivity index is 1.68. The zero-order valence-corrected chi connectivity index (χ0v) is 49.9. The molecule has 2 rings (SSSR count). The Labute approximate surface area is 480 Å². The number of hydrogen-bond donors (Lipinski definition) is 7. The lowest BCUT2D eigenvalue weighted by Gasteiger charge is -2.42. The quantitative estimate of drug-likeness (QED) is 0.0172. The van der Waals surface area contributed by atoms with Gasteiger partial charge >= 0.3 is 5.97 Å². The van der Waals surface area contributed by atoms with E-state index in [-0.39, 0.29) is 25.6 Å². The van der Waals surface area contributed by atoms with Crippen LogP contribution in [-0.4, -0.2) is 142 Å². The molecular weight excluding hydrogens is 1000 g/mol. The van der Waals surface area contributed by atoms with Crippen molar-refractivity contribution in [2.75, 3.05) is 33.0 Å². The van der Waals surface area contributed by atoms with Crippen molar-refractivity contribution in [3.63, 3.8) is 0 Å². The lowest BCUT2D eigenvalue weighted by molar-refractivity contribution is -0.332. The van der Waals surface area contributed by atoms with Gasteiger partial charge in [-0.15, -0.1) is 0 Å².